The van der Waals surface area contributed by atoms with E-state index >= 15 is 0 Å². The van der Waals surface area contributed by atoms with E-state index in [0.717, 1.165) is 25.3 Å². The van der Waals surface area contributed by atoms with Gasteiger partial charge in [0.2, 0.25) is 0 Å². The van der Waals surface area contributed by atoms with Gasteiger partial charge in [-0.05, 0) is 56.0 Å². The van der Waals surface area contributed by atoms with Gasteiger partial charge < -0.3 is 15.1 Å². The van der Waals surface area contributed by atoms with Crippen molar-refractivity contribution < 1.29 is 13.6 Å². The molecule has 1 aromatic carbocycles. The molecule has 0 aliphatic carbocycles. The van der Waals surface area contributed by atoms with Crippen LogP contribution >= 0.6 is 0 Å². The SMILES string of the molecule is O=C(Nc1cnc2ccc(N3CCCC3c3cc(F)ccc3F)nn12)N1CC2CCC(C1)N2. The molecular weight excluding hydrogens is 428 g/mol. The Labute approximate surface area is 189 Å². The zero-order valence-electron chi connectivity index (χ0n) is 18.0. The van der Waals surface area contributed by atoms with Crippen LogP contribution in [0.1, 0.15) is 37.3 Å². The third kappa shape index (κ3) is 3.68. The molecule has 33 heavy (non-hydrogen) atoms. The second-order valence-electron chi connectivity index (χ2n) is 9.10. The number of halogens is 2. The number of urea groups is 1. The molecule has 3 aromatic rings. The zero-order chi connectivity index (χ0) is 22.5. The van der Waals surface area contributed by atoms with E-state index in [1.165, 1.54) is 12.1 Å². The van der Waals surface area contributed by atoms with Crippen LogP contribution in [-0.2, 0) is 0 Å². The highest BCUT2D eigenvalue weighted by atomic mass is 19.1. The number of carbonyl (C=O) groups excluding carboxylic acids is 1. The Morgan fingerprint density at radius 2 is 1.91 bits per heavy atom. The first-order chi connectivity index (χ1) is 16.0. The van der Waals surface area contributed by atoms with Gasteiger partial charge >= 0.3 is 6.03 Å². The van der Waals surface area contributed by atoms with Gasteiger partial charge in [-0.2, -0.15) is 4.52 Å². The number of amides is 2. The smallest absolute Gasteiger partial charge is 0.323 e. The maximum Gasteiger partial charge on any atom is 0.323 e. The largest absolute Gasteiger partial charge is 0.348 e. The molecule has 0 radical (unpaired) electrons. The highest BCUT2D eigenvalue weighted by molar-refractivity contribution is 5.89. The second kappa shape index (κ2) is 7.95. The molecule has 3 aliphatic heterocycles. The maximum absolute atomic E-state index is 14.5. The molecule has 3 atom stereocenters. The van der Waals surface area contributed by atoms with Crippen LogP contribution in [0.25, 0.3) is 5.65 Å². The molecule has 172 valence electrons. The number of anilines is 2. The molecule has 0 saturated carbocycles. The summed E-state index contributed by atoms with van der Waals surface area (Å²) < 4.78 is 29.9. The lowest BCUT2D eigenvalue weighted by Crippen LogP contribution is -2.54. The van der Waals surface area contributed by atoms with E-state index in [0.29, 0.717) is 61.0 Å². The first-order valence-electron chi connectivity index (χ1n) is 11.4. The van der Waals surface area contributed by atoms with E-state index in [9.17, 15) is 13.6 Å². The van der Waals surface area contributed by atoms with E-state index in [1.54, 1.807) is 10.7 Å². The fourth-order valence-corrected chi connectivity index (χ4v) is 5.39. The summed E-state index contributed by atoms with van der Waals surface area (Å²) in [5.41, 5.74) is 0.934. The van der Waals surface area contributed by atoms with Crippen molar-refractivity contribution in [1.29, 1.82) is 0 Å². The van der Waals surface area contributed by atoms with Crippen LogP contribution in [0.15, 0.2) is 36.5 Å². The minimum absolute atomic E-state index is 0.164. The molecule has 2 N–H and O–H groups in total. The van der Waals surface area contributed by atoms with E-state index in [4.69, 9.17) is 5.10 Å². The van der Waals surface area contributed by atoms with Crippen molar-refractivity contribution in [2.75, 3.05) is 29.9 Å². The predicted octanol–water partition coefficient (Wildman–Crippen LogP) is 3.32. The van der Waals surface area contributed by atoms with Crippen molar-refractivity contribution in [3.8, 4) is 0 Å². The number of hydrogen-bond donors (Lipinski definition) is 2. The normalized spacial score (nSPS) is 24.6. The van der Waals surface area contributed by atoms with Gasteiger partial charge in [-0.25, -0.2) is 18.6 Å². The highest BCUT2D eigenvalue weighted by Crippen LogP contribution is 2.36. The molecule has 10 heteroatoms. The number of benzene rings is 1. The summed E-state index contributed by atoms with van der Waals surface area (Å²) >= 11 is 0. The number of hydrogen-bond acceptors (Lipinski definition) is 5. The van der Waals surface area contributed by atoms with Gasteiger partial charge in [0.15, 0.2) is 11.5 Å². The summed E-state index contributed by atoms with van der Waals surface area (Å²) in [6, 6.07) is 7.47. The van der Waals surface area contributed by atoms with Crippen molar-refractivity contribution in [1.82, 2.24) is 24.8 Å². The Kier molecular flexibility index (Phi) is 4.90. The molecule has 2 aromatic heterocycles. The molecule has 5 heterocycles. The third-order valence-electron chi connectivity index (χ3n) is 6.95. The van der Waals surface area contributed by atoms with Crippen LogP contribution < -0.4 is 15.5 Å². The van der Waals surface area contributed by atoms with E-state index in [1.807, 2.05) is 21.9 Å². The van der Waals surface area contributed by atoms with Crippen molar-refractivity contribution in [3.63, 3.8) is 0 Å². The van der Waals surface area contributed by atoms with Gasteiger partial charge in [-0.3, -0.25) is 5.32 Å². The molecule has 0 spiro atoms. The van der Waals surface area contributed by atoms with Crippen LogP contribution in [0.5, 0.6) is 0 Å². The summed E-state index contributed by atoms with van der Waals surface area (Å²) in [5, 5.41) is 11.2. The van der Waals surface area contributed by atoms with E-state index in [-0.39, 0.29) is 12.1 Å². The highest BCUT2D eigenvalue weighted by Gasteiger charge is 2.34. The zero-order valence-corrected chi connectivity index (χ0v) is 18.0. The lowest BCUT2D eigenvalue weighted by atomic mass is 10.0. The molecular formula is C23H25F2N7O. The van der Waals surface area contributed by atoms with Crippen molar-refractivity contribution in [2.45, 2.75) is 43.8 Å². The fourth-order valence-electron chi connectivity index (χ4n) is 5.39. The number of aromatic nitrogens is 3. The van der Waals surface area contributed by atoms with Crippen molar-refractivity contribution >= 4 is 23.3 Å². The molecule has 2 amide bonds. The number of nitrogens with one attached hydrogen (secondary N) is 2. The van der Waals surface area contributed by atoms with Crippen LogP contribution in [0.3, 0.4) is 0 Å². The number of carbonyl (C=O) groups is 1. The Bertz CT molecular complexity index is 1200. The fraction of sp³-hybridized carbons (Fsp3) is 0.435. The lowest BCUT2D eigenvalue weighted by Gasteiger charge is -2.32. The number of imidazole rings is 1. The van der Waals surface area contributed by atoms with E-state index in [2.05, 4.69) is 15.6 Å². The number of rotatable bonds is 3. The quantitative estimate of drug-likeness (QED) is 0.636. The molecule has 3 unspecified atom stereocenters. The summed E-state index contributed by atoms with van der Waals surface area (Å²) in [6.07, 6.45) is 5.34. The predicted molar refractivity (Wildman–Crippen MR) is 119 cm³/mol. The van der Waals surface area contributed by atoms with Crippen LogP contribution in [0, 0.1) is 11.6 Å². The monoisotopic (exact) mass is 453 g/mol. The number of nitrogens with zero attached hydrogens (tertiary/aromatic N) is 5. The molecule has 8 nitrogen and oxygen atoms in total. The molecule has 3 aliphatic rings. The lowest BCUT2D eigenvalue weighted by molar-refractivity contribution is 0.188. The molecule has 3 fully saturated rings. The number of piperazine rings is 1. The van der Waals surface area contributed by atoms with Crippen LogP contribution in [-0.4, -0.2) is 57.2 Å². The van der Waals surface area contributed by atoms with Crippen molar-refractivity contribution in [2.24, 2.45) is 0 Å². The topological polar surface area (TPSA) is 77.8 Å². The molecule has 2 bridgehead atoms. The van der Waals surface area contributed by atoms with Gasteiger partial charge in [-0.15, -0.1) is 5.10 Å². The standard InChI is InChI=1S/C23H25F2N7O/c24-14-3-6-18(25)17(10-14)19-2-1-9-31(19)21-8-7-20-26-11-22(32(20)29-21)28-23(33)30-12-15-4-5-16(13-30)27-15/h3,6-8,10-11,15-16,19,27H,1-2,4-5,9,12-13H2,(H,28,33). The Balaban J connectivity index is 1.26. The third-order valence-corrected chi connectivity index (χ3v) is 6.95. The summed E-state index contributed by atoms with van der Waals surface area (Å²) in [4.78, 5) is 21.1. The van der Waals surface area contributed by atoms with Crippen LogP contribution in [0.4, 0.5) is 25.2 Å². The van der Waals surface area contributed by atoms with Crippen molar-refractivity contribution in [3.05, 3.63) is 53.7 Å². The average molecular weight is 453 g/mol. The maximum atomic E-state index is 14.5. The molecule has 3 saturated heterocycles. The number of likely N-dealkylation sites (tertiary alicyclic amines) is 1. The summed E-state index contributed by atoms with van der Waals surface area (Å²) in [6.45, 7) is 2.05. The summed E-state index contributed by atoms with van der Waals surface area (Å²) in [7, 11) is 0. The van der Waals surface area contributed by atoms with Gasteiger partial charge in [0.1, 0.15) is 17.5 Å². The Morgan fingerprint density at radius 1 is 1.09 bits per heavy atom. The van der Waals surface area contributed by atoms with Gasteiger partial charge in [-0.1, -0.05) is 0 Å². The first-order valence-corrected chi connectivity index (χ1v) is 11.4. The first kappa shape index (κ1) is 20.3. The summed E-state index contributed by atoms with van der Waals surface area (Å²) in [5.74, 6) is 0.232. The second-order valence-corrected chi connectivity index (χ2v) is 9.10. The Hall–Kier alpha value is -3.27. The van der Waals surface area contributed by atoms with E-state index < -0.39 is 11.6 Å². The average Bonchev–Trinajstić information content (AvgIpc) is 3.54. The minimum Gasteiger partial charge on any atom is -0.348 e. The van der Waals surface area contributed by atoms with Gasteiger partial charge in [0.25, 0.3) is 0 Å². The Morgan fingerprint density at radius 3 is 2.73 bits per heavy atom. The minimum atomic E-state index is -0.456. The van der Waals surface area contributed by atoms with Gasteiger partial charge in [0.05, 0.1) is 12.2 Å². The van der Waals surface area contributed by atoms with Gasteiger partial charge in [0, 0.05) is 37.3 Å². The number of fused-ring (bicyclic) bond motifs is 3. The van der Waals surface area contributed by atoms with Crippen LogP contribution in [0.2, 0.25) is 0 Å². The molecule has 6 rings (SSSR count).